The van der Waals surface area contributed by atoms with Gasteiger partial charge in [0.05, 0.1) is 10.9 Å². The highest BCUT2D eigenvalue weighted by Gasteiger charge is 2.14. The van der Waals surface area contributed by atoms with Gasteiger partial charge in [-0.05, 0) is 73.0 Å². The second kappa shape index (κ2) is 8.08. The highest BCUT2D eigenvalue weighted by atomic mass is 32.2. The van der Waals surface area contributed by atoms with Gasteiger partial charge in [-0.15, -0.1) is 0 Å². The molecular weight excluding hydrogens is 394 g/mol. The molecule has 0 fully saturated rings. The van der Waals surface area contributed by atoms with E-state index in [1.807, 2.05) is 13.8 Å². The predicted octanol–water partition coefficient (Wildman–Crippen LogP) is 3.62. The molecule has 3 aromatic rings. The number of carbonyl (C=O) groups is 1. The summed E-state index contributed by atoms with van der Waals surface area (Å²) in [5.41, 5.74) is 2.59. The van der Waals surface area contributed by atoms with Crippen molar-refractivity contribution in [2.45, 2.75) is 28.5 Å². The van der Waals surface area contributed by atoms with Crippen LogP contribution < -0.4 is 9.83 Å². The Kier molecular flexibility index (Phi) is 5.76. The number of benzene rings is 3. The first-order valence-electron chi connectivity index (χ1n) is 8.44. The summed E-state index contributed by atoms with van der Waals surface area (Å²) in [6.45, 7) is 4.07. The molecule has 7 heteroatoms. The van der Waals surface area contributed by atoms with Crippen LogP contribution >= 0.6 is 11.8 Å². The van der Waals surface area contributed by atoms with Gasteiger partial charge in [0.15, 0.2) is 0 Å². The Morgan fingerprint density at radius 3 is 2.18 bits per heavy atom. The van der Waals surface area contributed by atoms with Crippen molar-refractivity contribution >= 4 is 33.4 Å². The number of sulfonamides is 1. The van der Waals surface area contributed by atoms with E-state index in [0.717, 1.165) is 15.4 Å². The van der Waals surface area contributed by atoms with Crippen molar-refractivity contribution in [1.29, 1.82) is 0 Å². The zero-order chi connectivity index (χ0) is 20.3. The lowest BCUT2D eigenvalue weighted by atomic mass is 10.2. The molecule has 0 spiro atoms. The first-order valence-corrected chi connectivity index (χ1v) is 10.7. The largest absolute Gasteiger partial charge is 0.545 e. The van der Waals surface area contributed by atoms with Gasteiger partial charge in [0.2, 0.25) is 0 Å². The molecule has 144 valence electrons. The maximum Gasteiger partial charge on any atom is 0.261 e. The summed E-state index contributed by atoms with van der Waals surface area (Å²) in [4.78, 5) is 13.0. The topological polar surface area (TPSA) is 86.3 Å². The number of carboxylic acid groups (broad SMARTS) is 1. The summed E-state index contributed by atoms with van der Waals surface area (Å²) in [5.74, 6) is -1.31. The average molecular weight is 413 g/mol. The minimum Gasteiger partial charge on any atom is -0.545 e. The zero-order valence-corrected chi connectivity index (χ0v) is 16.9. The highest BCUT2D eigenvalue weighted by molar-refractivity contribution is 7.99. The lowest BCUT2D eigenvalue weighted by molar-refractivity contribution is -0.255. The summed E-state index contributed by atoms with van der Waals surface area (Å²) in [6.07, 6.45) is 0. The number of hydrogen-bond donors (Lipinski definition) is 1. The van der Waals surface area contributed by atoms with Crippen LogP contribution in [0.15, 0.2) is 81.4 Å². The number of aryl methyl sites for hydroxylation is 2. The van der Waals surface area contributed by atoms with Gasteiger partial charge in [-0.1, -0.05) is 36.0 Å². The van der Waals surface area contributed by atoms with E-state index in [-0.39, 0.29) is 16.1 Å². The number of rotatable bonds is 6. The van der Waals surface area contributed by atoms with Gasteiger partial charge in [-0.3, -0.25) is 4.72 Å². The number of carboxylic acids is 1. The lowest BCUT2D eigenvalue weighted by Gasteiger charge is -2.10. The van der Waals surface area contributed by atoms with Crippen LogP contribution in [0.5, 0.6) is 0 Å². The molecule has 0 saturated carbocycles. The second-order valence-electron chi connectivity index (χ2n) is 6.31. The Bertz CT molecular complexity index is 1110. The van der Waals surface area contributed by atoms with Gasteiger partial charge < -0.3 is 9.90 Å². The number of aromatic carboxylic acids is 1. The maximum absolute atomic E-state index is 12.5. The first-order chi connectivity index (χ1) is 13.2. The van der Waals surface area contributed by atoms with Crippen LogP contribution in [0.3, 0.4) is 0 Å². The molecule has 1 N–H and O–H groups in total. The number of hydrogen-bond acceptors (Lipinski definition) is 5. The van der Waals surface area contributed by atoms with Crippen molar-refractivity contribution in [2.75, 3.05) is 4.72 Å². The van der Waals surface area contributed by atoms with Crippen molar-refractivity contribution in [3.8, 4) is 0 Å². The minimum absolute atomic E-state index is 0.0178. The number of carbonyl (C=O) groups excluding carboxylic acids is 1. The normalized spacial score (nSPS) is 11.2. The Labute approximate surface area is 168 Å². The van der Waals surface area contributed by atoms with Crippen molar-refractivity contribution < 1.29 is 18.3 Å². The van der Waals surface area contributed by atoms with Gasteiger partial charge in [-0.2, -0.15) is 0 Å². The molecule has 0 radical (unpaired) electrons. The molecule has 0 aliphatic rings. The third kappa shape index (κ3) is 4.74. The summed E-state index contributed by atoms with van der Waals surface area (Å²) in [5, 5.41) is 10.8. The molecule has 3 aromatic carbocycles. The van der Waals surface area contributed by atoms with Crippen molar-refractivity contribution in [2.24, 2.45) is 0 Å². The van der Waals surface area contributed by atoms with Crippen LogP contribution in [0.2, 0.25) is 0 Å². The molecule has 0 amide bonds. The fraction of sp³-hybridized carbons (Fsp3) is 0.0952. The third-order valence-electron chi connectivity index (χ3n) is 4.08. The van der Waals surface area contributed by atoms with Crippen LogP contribution in [0.25, 0.3) is 0 Å². The molecule has 0 bridgehead atoms. The van der Waals surface area contributed by atoms with Gasteiger partial charge in [0, 0.05) is 15.5 Å². The quantitative estimate of drug-likeness (QED) is 0.668. The lowest BCUT2D eigenvalue weighted by Crippen LogP contribution is -2.22. The molecule has 0 aliphatic carbocycles. The SMILES string of the molecule is Cc1ccc(C)c(Sc2ccc(S(=O)(=O)Nc3ccc(C(=O)[O-])cc3)cc2)c1. The van der Waals surface area contributed by atoms with Crippen molar-refractivity contribution in [3.05, 3.63) is 83.4 Å². The average Bonchev–Trinajstić information content (AvgIpc) is 2.65. The molecule has 3 rings (SSSR count). The van der Waals surface area contributed by atoms with E-state index in [4.69, 9.17) is 0 Å². The summed E-state index contributed by atoms with van der Waals surface area (Å²) in [7, 11) is -3.77. The van der Waals surface area contributed by atoms with Crippen LogP contribution in [-0.4, -0.2) is 14.4 Å². The Balaban J connectivity index is 1.76. The summed E-state index contributed by atoms with van der Waals surface area (Å²) in [6, 6.07) is 18.2. The third-order valence-corrected chi connectivity index (χ3v) is 6.64. The van der Waals surface area contributed by atoms with Gasteiger partial charge >= 0.3 is 0 Å². The zero-order valence-electron chi connectivity index (χ0n) is 15.3. The minimum atomic E-state index is -3.77. The molecule has 0 atom stereocenters. The van der Waals surface area contributed by atoms with Gasteiger partial charge in [-0.25, -0.2) is 8.42 Å². The Hall–Kier alpha value is -2.77. The predicted molar refractivity (Wildman–Crippen MR) is 108 cm³/mol. The van der Waals surface area contributed by atoms with Crippen LogP contribution in [0.1, 0.15) is 21.5 Å². The van der Waals surface area contributed by atoms with Crippen LogP contribution in [0, 0.1) is 13.8 Å². The van der Waals surface area contributed by atoms with E-state index in [1.54, 1.807) is 36.0 Å². The van der Waals surface area contributed by atoms with Crippen LogP contribution in [-0.2, 0) is 10.0 Å². The molecular formula is C21H18NO4S2-. The van der Waals surface area contributed by atoms with E-state index in [1.165, 1.54) is 29.8 Å². The van der Waals surface area contributed by atoms with E-state index < -0.39 is 16.0 Å². The summed E-state index contributed by atoms with van der Waals surface area (Å²) >= 11 is 1.58. The van der Waals surface area contributed by atoms with Gasteiger partial charge in [0.1, 0.15) is 0 Å². The van der Waals surface area contributed by atoms with E-state index in [9.17, 15) is 18.3 Å². The molecule has 0 aliphatic heterocycles. The van der Waals surface area contributed by atoms with Crippen molar-refractivity contribution in [3.63, 3.8) is 0 Å². The standard InChI is InChI=1S/C21H19NO4S2/c1-14-3-4-15(2)20(13-14)27-18-9-11-19(12-10-18)28(25,26)22-17-7-5-16(6-8-17)21(23)24/h3-13,22H,1-2H3,(H,23,24)/p-1. The fourth-order valence-electron chi connectivity index (χ4n) is 2.52. The monoisotopic (exact) mass is 412 g/mol. The van der Waals surface area contributed by atoms with E-state index in [0.29, 0.717) is 0 Å². The van der Waals surface area contributed by atoms with Crippen LogP contribution in [0.4, 0.5) is 5.69 Å². The maximum atomic E-state index is 12.5. The molecule has 0 saturated heterocycles. The highest BCUT2D eigenvalue weighted by Crippen LogP contribution is 2.31. The number of anilines is 1. The Morgan fingerprint density at radius 1 is 0.929 bits per heavy atom. The van der Waals surface area contributed by atoms with Gasteiger partial charge in [0.25, 0.3) is 10.0 Å². The molecule has 28 heavy (non-hydrogen) atoms. The second-order valence-corrected chi connectivity index (χ2v) is 9.11. The fourth-order valence-corrected chi connectivity index (χ4v) is 4.58. The Morgan fingerprint density at radius 2 is 1.57 bits per heavy atom. The molecule has 0 heterocycles. The summed E-state index contributed by atoms with van der Waals surface area (Å²) < 4.78 is 27.5. The van der Waals surface area contributed by atoms with E-state index in [2.05, 4.69) is 22.9 Å². The molecule has 0 unspecified atom stereocenters. The first kappa shape index (κ1) is 20.0. The smallest absolute Gasteiger partial charge is 0.261 e. The number of nitrogens with one attached hydrogen (secondary N) is 1. The molecule has 0 aromatic heterocycles. The molecule has 5 nitrogen and oxygen atoms in total. The van der Waals surface area contributed by atoms with E-state index >= 15 is 0 Å². The van der Waals surface area contributed by atoms with Crippen molar-refractivity contribution in [1.82, 2.24) is 0 Å².